The topological polar surface area (TPSA) is 28.7 Å². The third-order valence-corrected chi connectivity index (χ3v) is 3.27. The number of hydrogen-bond donors (Lipinski definition) is 1. The van der Waals surface area contributed by atoms with E-state index in [9.17, 15) is 0 Å². The third kappa shape index (κ3) is 1.72. The molecule has 0 fully saturated rings. The smallest absolute Gasteiger partial charge is 0.0457 e. The lowest BCUT2D eigenvalue weighted by Gasteiger charge is -2.10. The molecule has 0 aliphatic rings. The van der Waals surface area contributed by atoms with Gasteiger partial charge in [-0.15, -0.1) is 0 Å². The van der Waals surface area contributed by atoms with Crippen molar-refractivity contribution in [3.05, 3.63) is 66.1 Å². The number of hydrogen-bond acceptors (Lipinski definition) is 1. The maximum Gasteiger partial charge on any atom is 0.0457 e. The molecule has 1 N–H and O–H groups in total. The number of rotatable bonds is 2. The number of H-pyrrole nitrogens is 1. The van der Waals surface area contributed by atoms with Crippen molar-refractivity contribution < 1.29 is 0 Å². The molecule has 1 unspecified atom stereocenters. The Balaban J connectivity index is 2.10. The van der Waals surface area contributed by atoms with E-state index >= 15 is 0 Å². The molecule has 0 amide bonds. The Kier molecular flexibility index (Phi) is 2.41. The summed E-state index contributed by atoms with van der Waals surface area (Å²) in [6, 6.07) is 12.5. The molecule has 0 aliphatic carbocycles. The Morgan fingerprint density at radius 2 is 2.00 bits per heavy atom. The first-order chi connectivity index (χ1) is 8.36. The molecule has 0 saturated heterocycles. The van der Waals surface area contributed by atoms with Gasteiger partial charge in [-0.05, 0) is 23.3 Å². The molecule has 2 aromatic heterocycles. The number of aromatic amines is 1. The van der Waals surface area contributed by atoms with Crippen molar-refractivity contribution in [2.24, 2.45) is 0 Å². The molecule has 17 heavy (non-hydrogen) atoms. The van der Waals surface area contributed by atoms with E-state index in [1.807, 2.05) is 18.5 Å². The van der Waals surface area contributed by atoms with Crippen LogP contribution in [0.4, 0.5) is 0 Å². The lowest BCUT2D eigenvalue weighted by molar-refractivity contribution is 0.920. The number of pyridine rings is 1. The average Bonchev–Trinajstić information content (AvgIpc) is 2.83. The van der Waals surface area contributed by atoms with Gasteiger partial charge < -0.3 is 4.98 Å². The van der Waals surface area contributed by atoms with Crippen molar-refractivity contribution in [2.75, 3.05) is 0 Å². The van der Waals surface area contributed by atoms with Crippen LogP contribution in [-0.4, -0.2) is 9.97 Å². The van der Waals surface area contributed by atoms with Crippen molar-refractivity contribution >= 4 is 10.9 Å². The monoisotopic (exact) mass is 222 g/mol. The number of nitrogens with zero attached hydrogens (tertiary/aromatic N) is 1. The molecule has 0 bridgehead atoms. The van der Waals surface area contributed by atoms with Crippen LogP contribution in [0.5, 0.6) is 0 Å². The highest BCUT2D eigenvalue weighted by molar-refractivity contribution is 5.84. The quantitative estimate of drug-likeness (QED) is 0.703. The van der Waals surface area contributed by atoms with Crippen LogP contribution in [0.2, 0.25) is 0 Å². The lowest BCUT2D eigenvalue weighted by atomic mass is 9.94. The normalized spacial score (nSPS) is 12.8. The van der Waals surface area contributed by atoms with E-state index in [1.54, 1.807) is 0 Å². The van der Waals surface area contributed by atoms with Crippen LogP contribution >= 0.6 is 0 Å². The van der Waals surface area contributed by atoms with Gasteiger partial charge in [-0.2, -0.15) is 0 Å². The van der Waals surface area contributed by atoms with Gasteiger partial charge in [0.15, 0.2) is 0 Å². The Bertz CT molecular complexity index is 625. The zero-order chi connectivity index (χ0) is 11.7. The van der Waals surface area contributed by atoms with Gasteiger partial charge in [0.1, 0.15) is 0 Å². The molecule has 3 aromatic rings. The van der Waals surface area contributed by atoms with Crippen LogP contribution in [-0.2, 0) is 0 Å². The third-order valence-electron chi connectivity index (χ3n) is 3.27. The van der Waals surface area contributed by atoms with Crippen molar-refractivity contribution in [3.63, 3.8) is 0 Å². The highest BCUT2D eigenvalue weighted by Gasteiger charge is 2.12. The molecule has 2 heteroatoms. The molecule has 1 aromatic carbocycles. The zero-order valence-corrected chi connectivity index (χ0v) is 9.72. The average molecular weight is 222 g/mol. The SMILES string of the molecule is CC(c1cccnc1)c1c[nH]c2ccccc12. The number of nitrogens with one attached hydrogen (secondary N) is 1. The van der Waals surface area contributed by atoms with Crippen molar-refractivity contribution in [1.82, 2.24) is 9.97 Å². The van der Waals surface area contributed by atoms with Gasteiger partial charge in [0, 0.05) is 35.4 Å². The Morgan fingerprint density at radius 3 is 2.82 bits per heavy atom. The second-order valence-electron chi connectivity index (χ2n) is 4.30. The fourth-order valence-electron chi connectivity index (χ4n) is 2.26. The molecule has 1 atom stereocenters. The summed E-state index contributed by atoms with van der Waals surface area (Å²) in [6.07, 6.45) is 5.85. The highest BCUT2D eigenvalue weighted by Crippen LogP contribution is 2.29. The Labute approximate surface area is 100 Å². The van der Waals surface area contributed by atoms with E-state index in [0.29, 0.717) is 5.92 Å². The number of aromatic nitrogens is 2. The summed E-state index contributed by atoms with van der Waals surface area (Å²) in [5.74, 6) is 0.361. The minimum atomic E-state index is 0.361. The van der Waals surface area contributed by atoms with E-state index in [-0.39, 0.29) is 0 Å². The van der Waals surface area contributed by atoms with Gasteiger partial charge in [-0.1, -0.05) is 31.2 Å². The maximum atomic E-state index is 4.19. The van der Waals surface area contributed by atoms with Crippen LogP contribution in [0.1, 0.15) is 24.0 Å². The number of fused-ring (bicyclic) bond motifs is 1. The van der Waals surface area contributed by atoms with Crippen LogP contribution in [0.25, 0.3) is 10.9 Å². The fourth-order valence-corrected chi connectivity index (χ4v) is 2.26. The summed E-state index contributed by atoms with van der Waals surface area (Å²) in [6.45, 7) is 2.21. The summed E-state index contributed by atoms with van der Waals surface area (Å²) >= 11 is 0. The minimum Gasteiger partial charge on any atom is -0.361 e. The first-order valence-corrected chi connectivity index (χ1v) is 5.82. The summed E-state index contributed by atoms with van der Waals surface area (Å²) in [7, 11) is 0. The summed E-state index contributed by atoms with van der Waals surface area (Å²) in [4.78, 5) is 7.50. The van der Waals surface area contributed by atoms with E-state index in [0.717, 1.165) is 0 Å². The maximum absolute atomic E-state index is 4.19. The molecular formula is C15H14N2. The molecule has 2 heterocycles. The van der Waals surface area contributed by atoms with Gasteiger partial charge in [-0.3, -0.25) is 4.98 Å². The molecule has 0 saturated carbocycles. The van der Waals surface area contributed by atoms with Gasteiger partial charge in [0.25, 0.3) is 0 Å². The van der Waals surface area contributed by atoms with Gasteiger partial charge in [0.05, 0.1) is 0 Å². The standard InChI is InChI=1S/C15H14N2/c1-11(12-5-4-8-16-9-12)14-10-17-15-7-3-2-6-13(14)15/h2-11,17H,1H3. The van der Waals surface area contributed by atoms with Crippen LogP contribution in [0, 0.1) is 0 Å². The van der Waals surface area contributed by atoms with Gasteiger partial charge in [0.2, 0.25) is 0 Å². The highest BCUT2D eigenvalue weighted by atomic mass is 14.7. The molecule has 3 rings (SSSR count). The predicted octanol–water partition coefficient (Wildman–Crippen LogP) is 3.71. The largest absolute Gasteiger partial charge is 0.361 e. The first kappa shape index (κ1) is 10.1. The Hall–Kier alpha value is -2.09. The van der Waals surface area contributed by atoms with Crippen molar-refractivity contribution in [2.45, 2.75) is 12.8 Å². The summed E-state index contributed by atoms with van der Waals surface area (Å²) in [5, 5.41) is 1.30. The van der Waals surface area contributed by atoms with Crippen LogP contribution < -0.4 is 0 Å². The molecule has 0 aliphatic heterocycles. The molecule has 84 valence electrons. The summed E-state index contributed by atoms with van der Waals surface area (Å²) in [5.41, 5.74) is 3.77. The van der Waals surface area contributed by atoms with Crippen LogP contribution in [0.3, 0.4) is 0 Å². The molecule has 0 radical (unpaired) electrons. The number of para-hydroxylation sites is 1. The summed E-state index contributed by atoms with van der Waals surface area (Å²) < 4.78 is 0. The second-order valence-corrected chi connectivity index (χ2v) is 4.30. The minimum absolute atomic E-state index is 0.361. The van der Waals surface area contributed by atoms with Crippen molar-refractivity contribution in [3.8, 4) is 0 Å². The van der Waals surface area contributed by atoms with Crippen molar-refractivity contribution in [1.29, 1.82) is 0 Å². The molecular weight excluding hydrogens is 208 g/mol. The van der Waals surface area contributed by atoms with E-state index < -0.39 is 0 Å². The van der Waals surface area contributed by atoms with E-state index in [4.69, 9.17) is 0 Å². The van der Waals surface area contributed by atoms with Gasteiger partial charge >= 0.3 is 0 Å². The number of benzene rings is 1. The molecule has 0 spiro atoms. The Morgan fingerprint density at radius 1 is 1.12 bits per heavy atom. The second kappa shape index (κ2) is 4.06. The lowest BCUT2D eigenvalue weighted by Crippen LogP contribution is -1.95. The fraction of sp³-hybridized carbons (Fsp3) is 0.133. The van der Waals surface area contributed by atoms with E-state index in [1.165, 1.54) is 22.0 Å². The molecule has 2 nitrogen and oxygen atoms in total. The van der Waals surface area contributed by atoms with Gasteiger partial charge in [-0.25, -0.2) is 0 Å². The zero-order valence-electron chi connectivity index (χ0n) is 9.72. The first-order valence-electron chi connectivity index (χ1n) is 5.82. The predicted molar refractivity (Wildman–Crippen MR) is 70.1 cm³/mol. The van der Waals surface area contributed by atoms with Crippen LogP contribution in [0.15, 0.2) is 55.0 Å². The van der Waals surface area contributed by atoms with E-state index in [2.05, 4.69) is 53.4 Å².